The van der Waals surface area contributed by atoms with E-state index in [1.54, 1.807) is 13.0 Å². The van der Waals surface area contributed by atoms with Gasteiger partial charge in [-0.2, -0.15) is 0 Å². The number of anilines is 1. The number of hydrogen-bond donors (Lipinski definition) is 2. The van der Waals surface area contributed by atoms with E-state index in [4.69, 9.17) is 5.73 Å². The maximum atomic E-state index is 12.0. The molecule has 108 valence electrons. The highest BCUT2D eigenvalue weighted by Gasteiger charge is 2.20. The summed E-state index contributed by atoms with van der Waals surface area (Å²) in [5.74, 6) is -0.256. The van der Waals surface area contributed by atoms with Crippen LogP contribution in [0.25, 0.3) is 0 Å². The van der Waals surface area contributed by atoms with Gasteiger partial charge in [0.2, 0.25) is 10.0 Å². The first-order valence-corrected chi connectivity index (χ1v) is 9.12. The van der Waals surface area contributed by atoms with Crippen molar-refractivity contribution in [3.63, 3.8) is 0 Å². The molecule has 0 aromatic heterocycles. The topological polar surface area (TPSA) is 106 Å². The lowest BCUT2D eigenvalue weighted by molar-refractivity contribution is 0.564. The van der Waals surface area contributed by atoms with Crippen molar-refractivity contribution in [1.82, 2.24) is 4.72 Å². The standard InChI is InChI=1S/C11H18N2O4S2/c1-8-4-5-10(6-11(8)12)19(16,17)13-9(2)7-18(3,14)15/h4-6,9,13H,7,12H2,1-3H3. The SMILES string of the molecule is Cc1ccc(S(=O)(=O)NC(C)CS(C)(=O)=O)cc1N. The summed E-state index contributed by atoms with van der Waals surface area (Å²) in [5.41, 5.74) is 6.82. The van der Waals surface area contributed by atoms with Gasteiger partial charge in [0.1, 0.15) is 9.84 Å². The summed E-state index contributed by atoms with van der Waals surface area (Å²) in [6.07, 6.45) is 1.06. The molecule has 19 heavy (non-hydrogen) atoms. The Labute approximate surface area is 114 Å². The Morgan fingerprint density at radius 3 is 2.32 bits per heavy atom. The van der Waals surface area contributed by atoms with Crippen LogP contribution >= 0.6 is 0 Å². The molecular weight excluding hydrogens is 288 g/mol. The highest BCUT2D eigenvalue weighted by molar-refractivity contribution is 7.91. The number of aryl methyl sites for hydroxylation is 1. The van der Waals surface area contributed by atoms with E-state index >= 15 is 0 Å². The first-order valence-electron chi connectivity index (χ1n) is 5.57. The Bertz CT molecular complexity index is 666. The predicted octanol–water partition coefficient (Wildman–Crippen LogP) is 0.289. The number of nitrogen functional groups attached to an aromatic ring is 1. The zero-order chi connectivity index (χ0) is 14.8. The Morgan fingerprint density at radius 1 is 1.26 bits per heavy atom. The Hall–Kier alpha value is -1.12. The average molecular weight is 306 g/mol. The summed E-state index contributed by atoms with van der Waals surface area (Å²) in [7, 11) is -7.01. The molecule has 6 nitrogen and oxygen atoms in total. The maximum Gasteiger partial charge on any atom is 0.240 e. The van der Waals surface area contributed by atoms with Crippen molar-refractivity contribution in [2.45, 2.75) is 24.8 Å². The zero-order valence-electron chi connectivity index (χ0n) is 11.0. The van der Waals surface area contributed by atoms with E-state index in [0.29, 0.717) is 5.69 Å². The second-order valence-electron chi connectivity index (χ2n) is 4.63. The van der Waals surface area contributed by atoms with Gasteiger partial charge in [-0.05, 0) is 31.5 Å². The van der Waals surface area contributed by atoms with Crippen LogP contribution in [-0.2, 0) is 19.9 Å². The minimum absolute atomic E-state index is 0.0240. The molecule has 0 heterocycles. The van der Waals surface area contributed by atoms with Crippen molar-refractivity contribution in [3.05, 3.63) is 23.8 Å². The largest absolute Gasteiger partial charge is 0.398 e. The van der Waals surface area contributed by atoms with Crippen LogP contribution in [0.3, 0.4) is 0 Å². The summed E-state index contributed by atoms with van der Waals surface area (Å²) in [6.45, 7) is 3.27. The summed E-state index contributed by atoms with van der Waals surface area (Å²) in [5, 5.41) is 0. The summed E-state index contributed by atoms with van der Waals surface area (Å²) in [6, 6.07) is 3.68. The molecule has 0 aliphatic carbocycles. The predicted molar refractivity (Wildman–Crippen MR) is 75.1 cm³/mol. The third-order valence-electron chi connectivity index (χ3n) is 2.47. The lowest BCUT2D eigenvalue weighted by atomic mass is 10.2. The van der Waals surface area contributed by atoms with E-state index in [1.807, 2.05) is 0 Å². The molecule has 0 radical (unpaired) electrons. The molecule has 3 N–H and O–H groups in total. The maximum absolute atomic E-state index is 12.0. The van der Waals surface area contributed by atoms with Gasteiger partial charge in [-0.25, -0.2) is 21.6 Å². The summed E-state index contributed by atoms with van der Waals surface area (Å²) < 4.78 is 48.6. The molecule has 1 rings (SSSR count). The van der Waals surface area contributed by atoms with Crippen molar-refractivity contribution in [2.24, 2.45) is 0 Å². The van der Waals surface area contributed by atoms with Crippen LogP contribution in [0.2, 0.25) is 0 Å². The Balaban J connectivity index is 2.95. The van der Waals surface area contributed by atoms with Crippen molar-refractivity contribution >= 4 is 25.5 Å². The molecule has 0 fully saturated rings. The van der Waals surface area contributed by atoms with Crippen LogP contribution in [0.4, 0.5) is 5.69 Å². The number of nitrogens with one attached hydrogen (secondary N) is 1. The fraction of sp³-hybridized carbons (Fsp3) is 0.455. The normalized spacial score (nSPS) is 14.3. The molecule has 0 aliphatic heterocycles. The molecule has 1 atom stereocenters. The van der Waals surface area contributed by atoms with Crippen molar-refractivity contribution in [1.29, 1.82) is 0 Å². The van der Waals surface area contributed by atoms with Gasteiger partial charge in [0.05, 0.1) is 10.6 Å². The minimum atomic E-state index is -3.77. The van der Waals surface area contributed by atoms with Crippen LogP contribution in [0.5, 0.6) is 0 Å². The molecule has 1 aromatic rings. The average Bonchev–Trinajstić information content (AvgIpc) is 2.17. The van der Waals surface area contributed by atoms with Gasteiger partial charge in [0.15, 0.2) is 0 Å². The zero-order valence-corrected chi connectivity index (χ0v) is 12.7. The number of benzene rings is 1. The van der Waals surface area contributed by atoms with Gasteiger partial charge < -0.3 is 5.73 Å². The smallest absolute Gasteiger partial charge is 0.240 e. The van der Waals surface area contributed by atoms with Crippen LogP contribution < -0.4 is 10.5 Å². The molecule has 0 amide bonds. The highest BCUT2D eigenvalue weighted by Crippen LogP contribution is 2.17. The van der Waals surface area contributed by atoms with Crippen molar-refractivity contribution in [3.8, 4) is 0 Å². The molecule has 1 aromatic carbocycles. The quantitative estimate of drug-likeness (QED) is 0.760. The van der Waals surface area contributed by atoms with E-state index in [1.165, 1.54) is 19.1 Å². The summed E-state index contributed by atoms with van der Waals surface area (Å²) in [4.78, 5) is 0.0240. The first kappa shape index (κ1) is 15.9. The van der Waals surface area contributed by atoms with Gasteiger partial charge in [0, 0.05) is 18.0 Å². The lowest BCUT2D eigenvalue weighted by Gasteiger charge is -2.14. The highest BCUT2D eigenvalue weighted by atomic mass is 32.2. The lowest BCUT2D eigenvalue weighted by Crippen LogP contribution is -2.37. The van der Waals surface area contributed by atoms with E-state index in [2.05, 4.69) is 4.72 Å². The van der Waals surface area contributed by atoms with Crippen LogP contribution in [0.1, 0.15) is 12.5 Å². The molecule has 0 saturated heterocycles. The third-order valence-corrected chi connectivity index (χ3v) is 5.16. The van der Waals surface area contributed by atoms with Crippen molar-refractivity contribution in [2.75, 3.05) is 17.7 Å². The van der Waals surface area contributed by atoms with Gasteiger partial charge in [-0.15, -0.1) is 0 Å². The van der Waals surface area contributed by atoms with Gasteiger partial charge in [-0.3, -0.25) is 0 Å². The van der Waals surface area contributed by atoms with Crippen LogP contribution in [0.15, 0.2) is 23.1 Å². The third kappa shape index (κ3) is 4.81. The molecule has 0 bridgehead atoms. The van der Waals surface area contributed by atoms with E-state index in [9.17, 15) is 16.8 Å². The Morgan fingerprint density at radius 2 is 1.84 bits per heavy atom. The van der Waals surface area contributed by atoms with E-state index in [-0.39, 0.29) is 10.6 Å². The molecule has 0 aliphatic rings. The second kappa shape index (κ2) is 5.48. The van der Waals surface area contributed by atoms with Crippen LogP contribution in [0, 0.1) is 6.92 Å². The monoisotopic (exact) mass is 306 g/mol. The Kier molecular flexibility index (Phi) is 4.59. The minimum Gasteiger partial charge on any atom is -0.398 e. The molecular formula is C11H18N2O4S2. The van der Waals surface area contributed by atoms with Gasteiger partial charge in [-0.1, -0.05) is 6.07 Å². The number of sulfone groups is 1. The number of rotatable bonds is 5. The van der Waals surface area contributed by atoms with Gasteiger partial charge >= 0.3 is 0 Å². The van der Waals surface area contributed by atoms with Crippen LogP contribution in [-0.4, -0.2) is 34.9 Å². The van der Waals surface area contributed by atoms with Crippen molar-refractivity contribution < 1.29 is 16.8 Å². The van der Waals surface area contributed by atoms with E-state index < -0.39 is 25.9 Å². The first-order chi connectivity index (χ1) is 8.51. The molecule has 0 spiro atoms. The molecule has 1 unspecified atom stereocenters. The molecule has 0 saturated carbocycles. The van der Waals surface area contributed by atoms with E-state index in [0.717, 1.165) is 11.8 Å². The fourth-order valence-electron chi connectivity index (χ4n) is 1.61. The number of hydrogen-bond acceptors (Lipinski definition) is 5. The molecule has 8 heteroatoms. The fourth-order valence-corrected chi connectivity index (χ4v) is 3.98. The second-order valence-corrected chi connectivity index (χ2v) is 8.53. The van der Waals surface area contributed by atoms with Gasteiger partial charge in [0.25, 0.3) is 0 Å². The number of nitrogens with two attached hydrogens (primary N) is 1. The number of sulfonamides is 1. The summed E-state index contributed by atoms with van der Waals surface area (Å²) >= 11 is 0.